The number of ether oxygens (including phenoxy) is 1. The maximum atomic E-state index is 13.5. The lowest BCUT2D eigenvalue weighted by Crippen LogP contribution is -2.41. The maximum Gasteiger partial charge on any atom is 0.495 e. The quantitative estimate of drug-likeness (QED) is 0.504. The van der Waals surface area contributed by atoms with E-state index in [0.29, 0.717) is 23.9 Å². The molecule has 3 aromatic rings. The molecular formula is C23H27BN2O5. The van der Waals surface area contributed by atoms with Gasteiger partial charge in [0.2, 0.25) is 0 Å². The molecule has 2 aliphatic rings. The van der Waals surface area contributed by atoms with Gasteiger partial charge in [0, 0.05) is 12.0 Å². The molecule has 2 fully saturated rings. The normalized spacial score (nSPS) is 25.4. The number of aliphatic hydroxyl groups excluding tert-OH is 1. The molecule has 31 heavy (non-hydrogen) atoms. The molecule has 2 saturated heterocycles. The molecule has 0 spiro atoms. The zero-order valence-corrected chi connectivity index (χ0v) is 18.3. The zero-order chi connectivity index (χ0) is 22.0. The molecule has 2 atom stereocenters. The Kier molecular flexibility index (Phi) is 4.75. The van der Waals surface area contributed by atoms with Gasteiger partial charge in [0.15, 0.2) is 0 Å². The summed E-state index contributed by atoms with van der Waals surface area (Å²) in [4.78, 5) is 18.2. The summed E-state index contributed by atoms with van der Waals surface area (Å²) < 4.78 is 19.5. The van der Waals surface area contributed by atoms with Crippen LogP contribution in [0.15, 0.2) is 41.5 Å². The molecule has 0 bridgehead atoms. The minimum Gasteiger partial charge on any atom is -0.399 e. The molecular weight excluding hydrogens is 395 g/mol. The van der Waals surface area contributed by atoms with Crippen LogP contribution in [0.5, 0.6) is 0 Å². The van der Waals surface area contributed by atoms with Crippen molar-refractivity contribution in [1.29, 1.82) is 0 Å². The predicted octanol–water partition coefficient (Wildman–Crippen LogP) is 2.17. The number of fused-ring (bicyclic) bond motifs is 3. The van der Waals surface area contributed by atoms with Crippen LogP contribution in [0.25, 0.3) is 21.7 Å². The van der Waals surface area contributed by atoms with Crippen LogP contribution in [0, 0.1) is 0 Å². The van der Waals surface area contributed by atoms with E-state index >= 15 is 0 Å². The molecule has 8 heteroatoms. The lowest BCUT2D eigenvalue weighted by molar-refractivity contribution is -0.0395. The smallest absolute Gasteiger partial charge is 0.399 e. The van der Waals surface area contributed by atoms with Gasteiger partial charge in [-0.05, 0) is 51.0 Å². The summed E-state index contributed by atoms with van der Waals surface area (Å²) in [6.45, 7) is 8.76. The molecule has 2 aromatic carbocycles. The average Bonchev–Trinajstić information content (AvgIpc) is 2.95. The van der Waals surface area contributed by atoms with Gasteiger partial charge in [-0.3, -0.25) is 9.36 Å². The standard InChI is InChI=1S/C23H27BN2O5/c1-22(2)23(3,4)31-24(30-22)17-11-16-20(15-8-6-5-7-14(15)17)25-13-26(21(16)28)18-9-10-29-12-19(18)27/h5-8,11,13,18-19,27H,9-10,12H2,1-4H3/t18-,19-/m0/s1. The van der Waals surface area contributed by atoms with E-state index in [1.807, 2.05) is 58.0 Å². The van der Waals surface area contributed by atoms with Crippen LogP contribution in [0.2, 0.25) is 0 Å². The maximum absolute atomic E-state index is 13.5. The number of rotatable bonds is 2. The fourth-order valence-electron chi connectivity index (χ4n) is 4.44. The number of nitrogens with zero attached hydrogens (tertiary/aromatic N) is 2. The average molecular weight is 422 g/mol. The Labute approximate surface area is 181 Å². The first-order chi connectivity index (χ1) is 14.7. The number of hydrogen-bond acceptors (Lipinski definition) is 6. The fourth-order valence-corrected chi connectivity index (χ4v) is 4.44. The molecule has 0 saturated carbocycles. The Balaban J connectivity index is 1.72. The third-order valence-corrected chi connectivity index (χ3v) is 6.98. The van der Waals surface area contributed by atoms with Crippen LogP contribution in [0.3, 0.4) is 0 Å². The molecule has 5 rings (SSSR count). The van der Waals surface area contributed by atoms with Crippen LogP contribution >= 0.6 is 0 Å². The van der Waals surface area contributed by atoms with Crippen molar-refractivity contribution in [3.8, 4) is 0 Å². The largest absolute Gasteiger partial charge is 0.495 e. The van der Waals surface area contributed by atoms with Crippen molar-refractivity contribution in [3.63, 3.8) is 0 Å². The molecule has 0 amide bonds. The van der Waals surface area contributed by atoms with Gasteiger partial charge in [-0.2, -0.15) is 0 Å². The second kappa shape index (κ2) is 7.13. The van der Waals surface area contributed by atoms with Gasteiger partial charge in [0.1, 0.15) is 0 Å². The highest BCUT2D eigenvalue weighted by Gasteiger charge is 2.52. The topological polar surface area (TPSA) is 82.8 Å². The van der Waals surface area contributed by atoms with Gasteiger partial charge >= 0.3 is 7.12 Å². The van der Waals surface area contributed by atoms with Gasteiger partial charge in [-0.15, -0.1) is 0 Å². The van der Waals surface area contributed by atoms with Gasteiger partial charge in [0.05, 0.1) is 47.2 Å². The number of benzene rings is 2. The van der Waals surface area contributed by atoms with E-state index < -0.39 is 24.4 Å². The number of aliphatic hydroxyl groups is 1. The van der Waals surface area contributed by atoms with E-state index in [0.717, 1.165) is 16.2 Å². The second-order valence-corrected chi connectivity index (χ2v) is 9.45. The first kappa shape index (κ1) is 20.6. The monoisotopic (exact) mass is 422 g/mol. The van der Waals surface area contributed by atoms with Crippen LogP contribution in [-0.2, 0) is 14.0 Å². The van der Waals surface area contributed by atoms with E-state index in [4.69, 9.17) is 14.0 Å². The van der Waals surface area contributed by atoms with Crippen molar-refractivity contribution in [2.24, 2.45) is 0 Å². The molecule has 7 nitrogen and oxygen atoms in total. The molecule has 3 heterocycles. The van der Waals surface area contributed by atoms with E-state index in [-0.39, 0.29) is 18.2 Å². The first-order valence-electron chi connectivity index (χ1n) is 10.7. The Morgan fingerprint density at radius 2 is 1.77 bits per heavy atom. The number of aromatic nitrogens is 2. The Bertz CT molecular complexity index is 1210. The van der Waals surface area contributed by atoms with E-state index in [9.17, 15) is 9.90 Å². The summed E-state index contributed by atoms with van der Waals surface area (Å²) in [6, 6.07) is 9.35. The van der Waals surface area contributed by atoms with Crippen molar-refractivity contribution in [1.82, 2.24) is 9.55 Å². The summed E-state index contributed by atoms with van der Waals surface area (Å²) in [5.74, 6) is 0. The van der Waals surface area contributed by atoms with Crippen LogP contribution in [0.4, 0.5) is 0 Å². The fraction of sp³-hybridized carbons (Fsp3) is 0.478. The van der Waals surface area contributed by atoms with Crippen molar-refractivity contribution < 1.29 is 19.2 Å². The Morgan fingerprint density at radius 3 is 2.45 bits per heavy atom. The van der Waals surface area contributed by atoms with Crippen molar-refractivity contribution in [2.75, 3.05) is 13.2 Å². The minimum atomic E-state index is -0.742. The van der Waals surface area contributed by atoms with Crippen molar-refractivity contribution >= 4 is 34.3 Å². The van der Waals surface area contributed by atoms with Crippen LogP contribution in [-0.4, -0.2) is 52.3 Å². The summed E-state index contributed by atoms with van der Waals surface area (Å²) in [6.07, 6.45) is 1.37. The highest BCUT2D eigenvalue weighted by molar-refractivity contribution is 6.65. The SMILES string of the molecule is CC1(C)OB(c2cc3c(=O)n([C@H]4CCOC[C@@H]4O)cnc3c3ccccc23)OC1(C)C. The highest BCUT2D eigenvalue weighted by atomic mass is 16.7. The summed E-state index contributed by atoms with van der Waals surface area (Å²) in [5.41, 5.74) is 0.286. The van der Waals surface area contributed by atoms with E-state index in [1.54, 1.807) is 6.33 Å². The molecule has 2 aliphatic heterocycles. The van der Waals surface area contributed by atoms with Crippen molar-refractivity contribution in [2.45, 2.75) is 57.5 Å². The molecule has 1 aromatic heterocycles. The summed E-state index contributed by atoms with van der Waals surface area (Å²) >= 11 is 0. The molecule has 1 N–H and O–H groups in total. The summed E-state index contributed by atoms with van der Waals surface area (Å²) in [5, 5.41) is 12.7. The van der Waals surface area contributed by atoms with Gasteiger partial charge < -0.3 is 19.2 Å². The van der Waals surface area contributed by atoms with Gasteiger partial charge in [0.25, 0.3) is 5.56 Å². The molecule has 0 unspecified atom stereocenters. The molecule has 162 valence electrons. The van der Waals surface area contributed by atoms with Crippen molar-refractivity contribution in [3.05, 3.63) is 47.0 Å². The Morgan fingerprint density at radius 1 is 1.10 bits per heavy atom. The van der Waals surface area contributed by atoms with E-state index in [1.165, 1.54) is 4.57 Å². The first-order valence-corrected chi connectivity index (χ1v) is 10.7. The molecule has 0 aliphatic carbocycles. The highest BCUT2D eigenvalue weighted by Crippen LogP contribution is 2.37. The lowest BCUT2D eigenvalue weighted by atomic mass is 9.75. The third kappa shape index (κ3) is 3.21. The van der Waals surface area contributed by atoms with Crippen LogP contribution < -0.4 is 11.0 Å². The van der Waals surface area contributed by atoms with E-state index in [2.05, 4.69) is 4.98 Å². The van der Waals surface area contributed by atoms with Crippen LogP contribution in [0.1, 0.15) is 40.2 Å². The zero-order valence-electron chi connectivity index (χ0n) is 18.3. The van der Waals surface area contributed by atoms with Gasteiger partial charge in [-0.25, -0.2) is 4.98 Å². The molecule has 0 radical (unpaired) electrons. The lowest BCUT2D eigenvalue weighted by Gasteiger charge is -2.32. The number of hydrogen-bond donors (Lipinski definition) is 1. The minimum absolute atomic E-state index is 0.181. The summed E-state index contributed by atoms with van der Waals surface area (Å²) in [7, 11) is -0.596. The second-order valence-electron chi connectivity index (χ2n) is 9.45. The third-order valence-electron chi connectivity index (χ3n) is 6.98. The Hall–Kier alpha value is -2.26. The predicted molar refractivity (Wildman–Crippen MR) is 120 cm³/mol. The van der Waals surface area contributed by atoms with Gasteiger partial charge in [-0.1, -0.05) is 24.3 Å².